The molecule has 0 aromatic carbocycles. The van der Waals surface area contributed by atoms with Crippen molar-refractivity contribution in [2.24, 2.45) is 0 Å². The highest BCUT2D eigenvalue weighted by Crippen LogP contribution is 2.19. The number of aromatic nitrogens is 4. The minimum atomic E-state index is 0.376. The summed E-state index contributed by atoms with van der Waals surface area (Å²) in [5.41, 5.74) is 1.74. The summed E-state index contributed by atoms with van der Waals surface area (Å²) in [6, 6.07) is 3.83. The van der Waals surface area contributed by atoms with Crippen LogP contribution >= 0.6 is 22.9 Å². The molecule has 3 aromatic rings. The lowest BCUT2D eigenvalue weighted by Gasteiger charge is -2.03. The summed E-state index contributed by atoms with van der Waals surface area (Å²) in [7, 11) is 0. The van der Waals surface area contributed by atoms with E-state index in [-0.39, 0.29) is 0 Å². The van der Waals surface area contributed by atoms with Crippen LogP contribution in [0.5, 0.6) is 0 Å². The van der Waals surface area contributed by atoms with E-state index in [4.69, 9.17) is 11.6 Å². The Balaban J connectivity index is 2.09. The van der Waals surface area contributed by atoms with Crippen LogP contribution in [0.2, 0.25) is 0 Å². The number of hydrogen-bond acceptors (Lipinski definition) is 4. The summed E-state index contributed by atoms with van der Waals surface area (Å²) in [6.45, 7) is 2.72. The minimum absolute atomic E-state index is 0.376. The van der Waals surface area contributed by atoms with Crippen LogP contribution in [0.3, 0.4) is 0 Å². The van der Waals surface area contributed by atoms with E-state index in [0.29, 0.717) is 12.4 Å². The fraction of sp³-hybridized carbons (Fsp3) is 0.250. The Morgan fingerprint density at radius 2 is 2.28 bits per heavy atom. The van der Waals surface area contributed by atoms with E-state index in [9.17, 15) is 0 Å². The monoisotopic (exact) mass is 278 g/mol. The lowest BCUT2D eigenvalue weighted by Crippen LogP contribution is -2.04. The highest BCUT2D eigenvalue weighted by molar-refractivity contribution is 7.11. The molecule has 0 amide bonds. The number of fused-ring (bicyclic) bond motifs is 1. The number of rotatable bonds is 3. The molecule has 0 aliphatic rings. The number of hydrogen-bond donors (Lipinski definition) is 0. The van der Waals surface area contributed by atoms with Gasteiger partial charge in [-0.1, -0.05) is 0 Å². The molecule has 6 heteroatoms. The summed E-state index contributed by atoms with van der Waals surface area (Å²) >= 11 is 7.63. The van der Waals surface area contributed by atoms with Crippen molar-refractivity contribution in [3.63, 3.8) is 0 Å². The molecule has 92 valence electrons. The Hall–Kier alpha value is -1.46. The van der Waals surface area contributed by atoms with Crippen molar-refractivity contribution in [2.45, 2.75) is 19.3 Å². The summed E-state index contributed by atoms with van der Waals surface area (Å²) in [5, 5.41) is 1.05. The molecular formula is C12H11ClN4S. The smallest absolute Gasteiger partial charge is 0.160 e. The van der Waals surface area contributed by atoms with Crippen molar-refractivity contribution < 1.29 is 0 Å². The molecule has 18 heavy (non-hydrogen) atoms. The molecule has 0 saturated heterocycles. The van der Waals surface area contributed by atoms with E-state index < -0.39 is 0 Å². The van der Waals surface area contributed by atoms with Gasteiger partial charge in [-0.05, 0) is 19.1 Å². The Morgan fingerprint density at radius 1 is 1.39 bits per heavy atom. The summed E-state index contributed by atoms with van der Waals surface area (Å²) < 4.78 is 2.03. The first-order valence-corrected chi connectivity index (χ1v) is 6.90. The summed E-state index contributed by atoms with van der Waals surface area (Å²) in [5.74, 6) is 1.21. The molecule has 0 fully saturated rings. The van der Waals surface area contributed by atoms with Gasteiger partial charge in [0.15, 0.2) is 5.65 Å². The molecule has 0 aliphatic carbocycles. The van der Waals surface area contributed by atoms with Gasteiger partial charge < -0.3 is 4.57 Å². The first kappa shape index (κ1) is 11.6. The predicted octanol–water partition coefficient (Wildman–Crippen LogP) is 2.98. The Morgan fingerprint density at radius 3 is 3.00 bits per heavy atom. The average Bonchev–Trinajstić information content (AvgIpc) is 2.94. The molecule has 0 radical (unpaired) electrons. The number of nitrogens with zero attached hydrogens (tertiary/aromatic N) is 4. The minimum Gasteiger partial charge on any atom is -0.305 e. The van der Waals surface area contributed by atoms with Crippen molar-refractivity contribution in [2.75, 3.05) is 0 Å². The second kappa shape index (κ2) is 4.66. The predicted molar refractivity (Wildman–Crippen MR) is 73.0 cm³/mol. The number of imidazole rings is 1. The van der Waals surface area contributed by atoms with Gasteiger partial charge in [-0.2, -0.15) is 0 Å². The van der Waals surface area contributed by atoms with Gasteiger partial charge in [0.25, 0.3) is 0 Å². The third-order valence-electron chi connectivity index (χ3n) is 2.66. The highest BCUT2D eigenvalue weighted by Gasteiger charge is 2.12. The standard InChI is InChI=1S/C12H11ClN4S/c1-8-6-15-11(18-8)7-17-10(5-13)16-9-3-2-4-14-12(9)17/h2-4,6H,5,7H2,1H3. The van der Waals surface area contributed by atoms with Crippen LogP contribution < -0.4 is 0 Å². The third-order valence-corrected chi connectivity index (χ3v) is 3.80. The molecule has 0 spiro atoms. The van der Waals surface area contributed by atoms with Crippen molar-refractivity contribution in [3.05, 3.63) is 40.2 Å². The quantitative estimate of drug-likeness (QED) is 0.692. The third kappa shape index (κ3) is 2.00. The number of aryl methyl sites for hydroxylation is 1. The van der Waals surface area contributed by atoms with Crippen LogP contribution in [-0.2, 0) is 12.4 Å². The topological polar surface area (TPSA) is 43.6 Å². The average molecular weight is 279 g/mol. The second-order valence-corrected chi connectivity index (χ2v) is 5.55. The van der Waals surface area contributed by atoms with Crippen molar-refractivity contribution >= 4 is 34.1 Å². The second-order valence-electron chi connectivity index (χ2n) is 3.96. The van der Waals surface area contributed by atoms with Crippen LogP contribution in [0.1, 0.15) is 15.7 Å². The maximum absolute atomic E-state index is 5.95. The summed E-state index contributed by atoms with van der Waals surface area (Å²) in [6.07, 6.45) is 3.65. The van der Waals surface area contributed by atoms with Gasteiger partial charge in [0.2, 0.25) is 0 Å². The lowest BCUT2D eigenvalue weighted by molar-refractivity contribution is 0.765. The molecule has 0 saturated carbocycles. The Bertz CT molecular complexity index is 688. The van der Waals surface area contributed by atoms with Gasteiger partial charge in [-0.25, -0.2) is 15.0 Å². The summed E-state index contributed by atoms with van der Waals surface area (Å²) in [4.78, 5) is 14.4. The SMILES string of the molecule is Cc1cnc(Cn2c(CCl)nc3cccnc32)s1. The van der Waals surface area contributed by atoms with E-state index in [1.807, 2.05) is 29.8 Å². The fourth-order valence-corrected chi connectivity index (χ4v) is 2.86. The maximum Gasteiger partial charge on any atom is 0.160 e. The molecule has 0 aliphatic heterocycles. The number of alkyl halides is 1. The zero-order chi connectivity index (χ0) is 12.5. The molecule has 0 N–H and O–H groups in total. The first-order chi connectivity index (χ1) is 8.78. The molecule has 0 bridgehead atoms. The maximum atomic E-state index is 5.95. The van der Waals surface area contributed by atoms with Gasteiger partial charge in [-0.3, -0.25) is 0 Å². The van der Waals surface area contributed by atoms with E-state index in [0.717, 1.165) is 22.0 Å². The zero-order valence-corrected chi connectivity index (χ0v) is 11.4. The fourth-order valence-electron chi connectivity index (χ4n) is 1.88. The van der Waals surface area contributed by atoms with Crippen LogP contribution in [-0.4, -0.2) is 19.5 Å². The van der Waals surface area contributed by atoms with E-state index in [1.54, 1.807) is 17.5 Å². The van der Waals surface area contributed by atoms with Crippen LogP contribution in [0.25, 0.3) is 11.2 Å². The normalized spacial score (nSPS) is 11.2. The number of halogens is 1. The molecule has 3 aromatic heterocycles. The van der Waals surface area contributed by atoms with Gasteiger partial charge >= 0.3 is 0 Å². The molecule has 3 heterocycles. The number of pyridine rings is 1. The van der Waals surface area contributed by atoms with E-state index in [2.05, 4.69) is 15.0 Å². The molecule has 0 atom stereocenters. The molecule has 4 nitrogen and oxygen atoms in total. The highest BCUT2D eigenvalue weighted by atomic mass is 35.5. The van der Waals surface area contributed by atoms with Crippen molar-refractivity contribution in [3.8, 4) is 0 Å². The van der Waals surface area contributed by atoms with Gasteiger partial charge in [-0.15, -0.1) is 22.9 Å². The zero-order valence-electron chi connectivity index (χ0n) is 9.80. The number of thiazole rings is 1. The first-order valence-electron chi connectivity index (χ1n) is 5.55. The Kier molecular flexibility index (Phi) is 3.01. The molecule has 0 unspecified atom stereocenters. The molecule has 3 rings (SSSR count). The Labute approximate surface area is 113 Å². The van der Waals surface area contributed by atoms with Gasteiger partial charge in [0.05, 0.1) is 12.4 Å². The van der Waals surface area contributed by atoms with Crippen LogP contribution in [0, 0.1) is 6.92 Å². The lowest BCUT2D eigenvalue weighted by atomic mass is 10.4. The van der Waals surface area contributed by atoms with E-state index in [1.165, 1.54) is 4.88 Å². The molecular weight excluding hydrogens is 268 g/mol. The van der Waals surface area contributed by atoms with Crippen LogP contribution in [0.4, 0.5) is 0 Å². The van der Waals surface area contributed by atoms with Crippen LogP contribution in [0.15, 0.2) is 24.5 Å². The van der Waals surface area contributed by atoms with Gasteiger partial charge in [0, 0.05) is 17.3 Å². The van der Waals surface area contributed by atoms with Crippen molar-refractivity contribution in [1.29, 1.82) is 0 Å². The van der Waals surface area contributed by atoms with Gasteiger partial charge in [0.1, 0.15) is 16.3 Å². The van der Waals surface area contributed by atoms with E-state index >= 15 is 0 Å². The van der Waals surface area contributed by atoms with Crippen molar-refractivity contribution in [1.82, 2.24) is 19.5 Å². The largest absolute Gasteiger partial charge is 0.305 e.